The van der Waals surface area contributed by atoms with Crippen LogP contribution in [0, 0.1) is 5.92 Å². The van der Waals surface area contributed by atoms with E-state index in [0.717, 1.165) is 23.7 Å². The van der Waals surface area contributed by atoms with Gasteiger partial charge in [0.1, 0.15) is 0 Å². The Kier molecular flexibility index (Phi) is 4.18. The van der Waals surface area contributed by atoms with Crippen molar-refractivity contribution in [2.75, 3.05) is 19.6 Å². The molecular formula is C13H23N3O. The molecule has 1 saturated heterocycles. The summed E-state index contributed by atoms with van der Waals surface area (Å²) in [5.74, 6) is 0.763. The third-order valence-corrected chi connectivity index (χ3v) is 3.84. The molecule has 1 fully saturated rings. The van der Waals surface area contributed by atoms with Gasteiger partial charge in [0.05, 0.1) is 18.0 Å². The SMILES string of the molecule is CCN1CCC(Cc2cc(CO)n(C)n2)CC1. The Morgan fingerprint density at radius 2 is 2.12 bits per heavy atom. The number of piperidine rings is 1. The lowest BCUT2D eigenvalue weighted by Gasteiger charge is -2.30. The van der Waals surface area contributed by atoms with Crippen LogP contribution in [0.5, 0.6) is 0 Å². The van der Waals surface area contributed by atoms with Crippen molar-refractivity contribution in [1.29, 1.82) is 0 Å². The summed E-state index contributed by atoms with van der Waals surface area (Å²) in [6, 6.07) is 2.03. The number of hydrogen-bond donors (Lipinski definition) is 1. The molecule has 0 spiro atoms. The fourth-order valence-corrected chi connectivity index (χ4v) is 2.62. The first-order valence-electron chi connectivity index (χ1n) is 6.58. The molecule has 17 heavy (non-hydrogen) atoms. The zero-order valence-electron chi connectivity index (χ0n) is 10.9. The summed E-state index contributed by atoms with van der Waals surface area (Å²) in [6.07, 6.45) is 3.61. The number of aliphatic hydroxyl groups excluding tert-OH is 1. The van der Waals surface area contributed by atoms with E-state index in [4.69, 9.17) is 5.11 Å². The second kappa shape index (κ2) is 5.65. The number of hydrogen-bond acceptors (Lipinski definition) is 3. The third kappa shape index (κ3) is 3.07. The maximum atomic E-state index is 9.14. The Morgan fingerprint density at radius 1 is 1.41 bits per heavy atom. The molecule has 0 aliphatic carbocycles. The van der Waals surface area contributed by atoms with Crippen LogP contribution in [0.15, 0.2) is 6.07 Å². The van der Waals surface area contributed by atoms with E-state index >= 15 is 0 Å². The van der Waals surface area contributed by atoms with Gasteiger partial charge in [-0.05, 0) is 50.9 Å². The fourth-order valence-electron chi connectivity index (χ4n) is 2.62. The number of aryl methyl sites for hydroxylation is 1. The summed E-state index contributed by atoms with van der Waals surface area (Å²) in [5.41, 5.74) is 2.04. The van der Waals surface area contributed by atoms with Gasteiger partial charge in [0.15, 0.2) is 0 Å². The van der Waals surface area contributed by atoms with Crippen molar-refractivity contribution >= 4 is 0 Å². The van der Waals surface area contributed by atoms with Crippen LogP contribution in [0.25, 0.3) is 0 Å². The monoisotopic (exact) mass is 237 g/mol. The smallest absolute Gasteiger partial charge is 0.0849 e. The van der Waals surface area contributed by atoms with Crippen molar-refractivity contribution in [3.05, 3.63) is 17.5 Å². The first-order valence-corrected chi connectivity index (χ1v) is 6.58. The molecule has 0 radical (unpaired) electrons. The van der Waals surface area contributed by atoms with Crippen molar-refractivity contribution in [2.45, 2.75) is 32.8 Å². The molecule has 0 atom stereocenters. The summed E-state index contributed by atoms with van der Waals surface area (Å²) in [4.78, 5) is 2.51. The third-order valence-electron chi connectivity index (χ3n) is 3.84. The minimum Gasteiger partial charge on any atom is -0.390 e. The average molecular weight is 237 g/mol. The number of aliphatic hydroxyl groups is 1. The van der Waals surface area contributed by atoms with E-state index in [1.807, 2.05) is 13.1 Å². The Morgan fingerprint density at radius 3 is 2.65 bits per heavy atom. The molecule has 0 amide bonds. The average Bonchev–Trinajstić information content (AvgIpc) is 2.70. The van der Waals surface area contributed by atoms with Gasteiger partial charge < -0.3 is 10.0 Å². The Labute approximate surface area is 103 Å². The normalized spacial score (nSPS) is 18.8. The lowest BCUT2D eigenvalue weighted by Crippen LogP contribution is -2.34. The Balaban J connectivity index is 1.88. The molecule has 4 nitrogen and oxygen atoms in total. The topological polar surface area (TPSA) is 41.3 Å². The minimum absolute atomic E-state index is 0.0811. The fraction of sp³-hybridized carbons (Fsp3) is 0.769. The van der Waals surface area contributed by atoms with Crippen molar-refractivity contribution in [3.8, 4) is 0 Å². The van der Waals surface area contributed by atoms with Crippen molar-refractivity contribution in [1.82, 2.24) is 14.7 Å². The van der Waals surface area contributed by atoms with Crippen LogP contribution in [0.4, 0.5) is 0 Å². The van der Waals surface area contributed by atoms with Crippen molar-refractivity contribution in [3.63, 3.8) is 0 Å². The van der Waals surface area contributed by atoms with E-state index in [-0.39, 0.29) is 6.61 Å². The number of aromatic nitrogens is 2. The molecule has 1 aliphatic rings. The summed E-state index contributed by atoms with van der Waals surface area (Å²) in [6.45, 7) is 5.93. The van der Waals surface area contributed by atoms with Crippen LogP contribution in [0.3, 0.4) is 0 Å². The predicted octanol–water partition coefficient (Wildman–Crippen LogP) is 1.19. The number of likely N-dealkylation sites (tertiary alicyclic amines) is 1. The molecule has 0 saturated carbocycles. The van der Waals surface area contributed by atoms with Gasteiger partial charge in [0.2, 0.25) is 0 Å². The maximum absolute atomic E-state index is 9.14. The molecule has 96 valence electrons. The molecule has 1 aromatic heterocycles. The molecule has 2 heterocycles. The van der Waals surface area contributed by atoms with Crippen LogP contribution in [0.1, 0.15) is 31.2 Å². The van der Waals surface area contributed by atoms with Crippen LogP contribution >= 0.6 is 0 Å². The summed E-state index contributed by atoms with van der Waals surface area (Å²) in [7, 11) is 1.90. The largest absolute Gasteiger partial charge is 0.390 e. The van der Waals surface area contributed by atoms with Crippen LogP contribution in [-0.2, 0) is 20.1 Å². The van der Waals surface area contributed by atoms with Gasteiger partial charge in [0, 0.05) is 7.05 Å². The molecule has 1 aliphatic heterocycles. The first-order chi connectivity index (χ1) is 8.22. The minimum atomic E-state index is 0.0811. The molecular weight excluding hydrogens is 214 g/mol. The van der Waals surface area contributed by atoms with E-state index in [2.05, 4.69) is 16.9 Å². The molecule has 0 aromatic carbocycles. The molecule has 1 N–H and O–H groups in total. The first kappa shape index (κ1) is 12.6. The van der Waals surface area contributed by atoms with Gasteiger partial charge in [-0.25, -0.2) is 0 Å². The second-order valence-corrected chi connectivity index (χ2v) is 4.99. The lowest BCUT2D eigenvalue weighted by atomic mass is 9.92. The highest BCUT2D eigenvalue weighted by Crippen LogP contribution is 2.21. The molecule has 0 bridgehead atoms. The molecule has 2 rings (SSSR count). The van der Waals surface area contributed by atoms with Crippen molar-refractivity contribution in [2.24, 2.45) is 13.0 Å². The predicted molar refractivity (Wildman–Crippen MR) is 67.7 cm³/mol. The highest BCUT2D eigenvalue weighted by molar-refractivity contribution is 5.10. The van der Waals surface area contributed by atoms with Gasteiger partial charge >= 0.3 is 0 Å². The molecule has 4 heteroatoms. The number of rotatable bonds is 4. The van der Waals surface area contributed by atoms with Crippen LogP contribution in [-0.4, -0.2) is 39.4 Å². The van der Waals surface area contributed by atoms with Crippen LogP contribution < -0.4 is 0 Å². The van der Waals surface area contributed by atoms with E-state index in [0.29, 0.717) is 0 Å². The van der Waals surface area contributed by atoms with Crippen molar-refractivity contribution < 1.29 is 5.11 Å². The van der Waals surface area contributed by atoms with Gasteiger partial charge in [-0.2, -0.15) is 5.10 Å². The highest BCUT2D eigenvalue weighted by atomic mass is 16.3. The van der Waals surface area contributed by atoms with E-state index < -0.39 is 0 Å². The van der Waals surface area contributed by atoms with Crippen LogP contribution in [0.2, 0.25) is 0 Å². The standard InChI is InChI=1S/C13H23N3O/c1-3-16-6-4-11(5-7-16)8-12-9-13(10-17)15(2)14-12/h9,11,17H,3-8,10H2,1-2H3. The quantitative estimate of drug-likeness (QED) is 0.855. The highest BCUT2D eigenvalue weighted by Gasteiger charge is 2.19. The summed E-state index contributed by atoms with van der Waals surface area (Å²) in [5, 5.41) is 13.6. The second-order valence-electron chi connectivity index (χ2n) is 4.99. The van der Waals surface area contributed by atoms with E-state index in [9.17, 15) is 0 Å². The lowest BCUT2D eigenvalue weighted by molar-refractivity contribution is 0.191. The molecule has 1 aromatic rings. The van der Waals surface area contributed by atoms with E-state index in [1.54, 1.807) is 4.68 Å². The van der Waals surface area contributed by atoms with Gasteiger partial charge in [-0.3, -0.25) is 4.68 Å². The Hall–Kier alpha value is -0.870. The zero-order chi connectivity index (χ0) is 12.3. The van der Waals surface area contributed by atoms with Gasteiger partial charge in [-0.1, -0.05) is 6.92 Å². The van der Waals surface area contributed by atoms with Gasteiger partial charge in [-0.15, -0.1) is 0 Å². The number of nitrogens with zero attached hydrogens (tertiary/aromatic N) is 3. The zero-order valence-corrected chi connectivity index (χ0v) is 10.9. The Bertz CT molecular complexity index is 354. The van der Waals surface area contributed by atoms with Gasteiger partial charge in [0.25, 0.3) is 0 Å². The van der Waals surface area contributed by atoms with E-state index in [1.165, 1.54) is 32.5 Å². The maximum Gasteiger partial charge on any atom is 0.0849 e. The molecule has 0 unspecified atom stereocenters. The summed E-state index contributed by atoms with van der Waals surface area (Å²) < 4.78 is 1.79. The summed E-state index contributed by atoms with van der Waals surface area (Å²) >= 11 is 0.